The summed E-state index contributed by atoms with van der Waals surface area (Å²) in [7, 11) is 0. The van der Waals surface area contributed by atoms with Crippen LogP contribution in [0.15, 0.2) is 18.2 Å². The van der Waals surface area contributed by atoms with Gasteiger partial charge in [-0.3, -0.25) is 0 Å². The van der Waals surface area contributed by atoms with Gasteiger partial charge in [0, 0.05) is 31.7 Å². The molecule has 1 unspecified atom stereocenters. The number of nitrogens with one attached hydrogen (secondary N) is 2. The van der Waals surface area contributed by atoms with Crippen LogP contribution in [0.1, 0.15) is 45.1 Å². The number of carbonyl (C=O) groups is 1. The van der Waals surface area contributed by atoms with E-state index in [1.54, 1.807) is 6.92 Å². The van der Waals surface area contributed by atoms with Crippen molar-refractivity contribution in [2.45, 2.75) is 39.5 Å². The lowest BCUT2D eigenvalue weighted by Gasteiger charge is -2.21. The Morgan fingerprint density at radius 1 is 1.30 bits per heavy atom. The van der Waals surface area contributed by atoms with Crippen molar-refractivity contribution in [2.24, 2.45) is 5.41 Å². The number of aliphatic hydroxyl groups is 1. The number of rotatable bonds is 8. The second-order valence-corrected chi connectivity index (χ2v) is 6.63. The molecule has 0 bridgehead atoms. The highest BCUT2D eigenvalue weighted by Gasteiger charge is 2.16. The molecule has 1 aromatic rings. The largest absolute Gasteiger partial charge is 0.396 e. The third kappa shape index (κ3) is 6.95. The fourth-order valence-corrected chi connectivity index (χ4v) is 2.17. The van der Waals surface area contributed by atoms with Gasteiger partial charge >= 0.3 is 6.03 Å². The maximum absolute atomic E-state index is 13.6. The smallest absolute Gasteiger partial charge is 0.314 e. The molecule has 0 heterocycles. The average molecular weight is 328 g/mol. The van der Waals surface area contributed by atoms with Gasteiger partial charge in [-0.2, -0.15) is 0 Å². The fourth-order valence-electron chi connectivity index (χ4n) is 2.17. The number of amides is 2. The summed E-state index contributed by atoms with van der Waals surface area (Å²) in [5.41, 5.74) is 0.226. The van der Waals surface area contributed by atoms with Gasteiger partial charge < -0.3 is 15.7 Å². The van der Waals surface area contributed by atoms with Gasteiger partial charge in [-0.25, -0.2) is 13.6 Å². The van der Waals surface area contributed by atoms with Crippen molar-refractivity contribution in [3.63, 3.8) is 0 Å². The molecule has 3 N–H and O–H groups in total. The molecular formula is C17H26F2N2O2. The Balaban J connectivity index is 2.30. The van der Waals surface area contributed by atoms with Crippen molar-refractivity contribution in [2.75, 3.05) is 19.7 Å². The van der Waals surface area contributed by atoms with Gasteiger partial charge in [0.1, 0.15) is 11.6 Å². The van der Waals surface area contributed by atoms with Crippen LogP contribution in [0.2, 0.25) is 0 Å². The van der Waals surface area contributed by atoms with Gasteiger partial charge in [0.25, 0.3) is 0 Å². The highest BCUT2D eigenvalue weighted by atomic mass is 19.1. The van der Waals surface area contributed by atoms with Gasteiger partial charge in [-0.15, -0.1) is 0 Å². The molecule has 0 fully saturated rings. The number of hydrogen-bond donors (Lipinski definition) is 3. The van der Waals surface area contributed by atoms with Gasteiger partial charge in [-0.1, -0.05) is 26.8 Å². The molecule has 2 amide bonds. The predicted octanol–water partition coefficient (Wildman–Crippen LogP) is 3.17. The highest BCUT2D eigenvalue weighted by Crippen LogP contribution is 2.20. The first-order valence-corrected chi connectivity index (χ1v) is 7.82. The summed E-state index contributed by atoms with van der Waals surface area (Å²) in [6, 6.07) is 3.12. The maximum atomic E-state index is 13.6. The zero-order valence-corrected chi connectivity index (χ0v) is 14.0. The lowest BCUT2D eigenvalue weighted by atomic mass is 9.89. The topological polar surface area (TPSA) is 61.4 Å². The van der Waals surface area contributed by atoms with Crippen molar-refractivity contribution < 1.29 is 18.7 Å². The molecule has 4 nitrogen and oxygen atoms in total. The molecule has 0 aliphatic rings. The lowest BCUT2D eigenvalue weighted by Crippen LogP contribution is -2.38. The third-order valence-electron chi connectivity index (χ3n) is 3.81. The van der Waals surface area contributed by atoms with Crippen molar-refractivity contribution in [3.05, 3.63) is 35.4 Å². The van der Waals surface area contributed by atoms with E-state index in [1.807, 2.05) is 13.8 Å². The second kappa shape index (κ2) is 8.82. The average Bonchev–Trinajstić information content (AvgIpc) is 2.49. The Labute approximate surface area is 136 Å². The monoisotopic (exact) mass is 328 g/mol. The molecule has 0 aromatic heterocycles. The Hall–Kier alpha value is -1.69. The van der Waals surface area contributed by atoms with E-state index in [0.717, 1.165) is 18.9 Å². The fraction of sp³-hybridized carbons (Fsp3) is 0.588. The molecule has 0 saturated carbocycles. The van der Waals surface area contributed by atoms with Crippen molar-refractivity contribution >= 4 is 6.03 Å². The Bertz CT molecular complexity index is 521. The van der Waals surface area contributed by atoms with E-state index < -0.39 is 11.6 Å². The molecule has 1 aromatic carbocycles. The van der Waals surface area contributed by atoms with E-state index in [9.17, 15) is 13.6 Å². The lowest BCUT2D eigenvalue weighted by molar-refractivity contribution is 0.148. The number of hydrogen-bond acceptors (Lipinski definition) is 2. The van der Waals surface area contributed by atoms with Gasteiger partial charge in [0.05, 0.1) is 0 Å². The zero-order chi connectivity index (χ0) is 17.5. The molecule has 0 radical (unpaired) electrons. The van der Waals surface area contributed by atoms with E-state index in [4.69, 9.17) is 5.11 Å². The minimum absolute atomic E-state index is 0.111. The van der Waals surface area contributed by atoms with Crippen LogP contribution < -0.4 is 10.6 Å². The highest BCUT2D eigenvalue weighted by molar-refractivity contribution is 5.73. The minimum Gasteiger partial charge on any atom is -0.396 e. The summed E-state index contributed by atoms with van der Waals surface area (Å²) in [4.78, 5) is 11.7. The molecule has 6 heteroatoms. The zero-order valence-electron chi connectivity index (χ0n) is 14.0. The SMILES string of the molecule is CC(CNC(=O)NCCCC(C)(C)CO)c1ccc(F)cc1F. The quantitative estimate of drug-likeness (QED) is 0.642. The summed E-state index contributed by atoms with van der Waals surface area (Å²) < 4.78 is 26.5. The van der Waals surface area contributed by atoms with Crippen molar-refractivity contribution in [3.8, 4) is 0 Å². The van der Waals surface area contributed by atoms with Crippen LogP contribution in [0.5, 0.6) is 0 Å². The van der Waals surface area contributed by atoms with Crippen LogP contribution >= 0.6 is 0 Å². The molecule has 23 heavy (non-hydrogen) atoms. The maximum Gasteiger partial charge on any atom is 0.314 e. The van der Waals surface area contributed by atoms with E-state index in [0.29, 0.717) is 12.1 Å². The molecule has 130 valence electrons. The van der Waals surface area contributed by atoms with Crippen LogP contribution in [0.3, 0.4) is 0 Å². The first-order chi connectivity index (χ1) is 10.7. The Kier molecular flexibility index (Phi) is 7.42. The van der Waals surface area contributed by atoms with Gasteiger partial charge in [0.2, 0.25) is 0 Å². The normalized spacial score (nSPS) is 12.8. The van der Waals surface area contributed by atoms with Crippen LogP contribution in [-0.2, 0) is 0 Å². The minimum atomic E-state index is -0.616. The van der Waals surface area contributed by atoms with E-state index in [-0.39, 0.29) is 30.5 Å². The summed E-state index contributed by atoms with van der Waals surface area (Å²) in [5.74, 6) is -1.48. The van der Waals surface area contributed by atoms with Gasteiger partial charge in [-0.05, 0) is 29.9 Å². The molecule has 0 aliphatic carbocycles. The first kappa shape index (κ1) is 19.4. The third-order valence-corrected chi connectivity index (χ3v) is 3.81. The molecule has 0 spiro atoms. The van der Waals surface area contributed by atoms with Crippen LogP contribution in [0.4, 0.5) is 13.6 Å². The first-order valence-electron chi connectivity index (χ1n) is 7.82. The number of urea groups is 1. The summed E-state index contributed by atoms with van der Waals surface area (Å²) in [5, 5.41) is 14.5. The van der Waals surface area contributed by atoms with Crippen LogP contribution in [0, 0.1) is 17.0 Å². The Morgan fingerprint density at radius 2 is 2.00 bits per heavy atom. The number of halogens is 2. The standard InChI is InChI=1S/C17H26F2N2O2/c1-12(14-6-5-13(18)9-15(14)19)10-21-16(23)20-8-4-7-17(2,3)11-22/h5-6,9,12,22H,4,7-8,10-11H2,1-3H3,(H2,20,21,23). The molecule has 1 atom stereocenters. The molecular weight excluding hydrogens is 302 g/mol. The predicted molar refractivity (Wildman–Crippen MR) is 86.3 cm³/mol. The van der Waals surface area contributed by atoms with Crippen LogP contribution in [-0.4, -0.2) is 30.8 Å². The van der Waals surface area contributed by atoms with E-state index in [2.05, 4.69) is 10.6 Å². The van der Waals surface area contributed by atoms with Crippen LogP contribution in [0.25, 0.3) is 0 Å². The van der Waals surface area contributed by atoms with Crippen molar-refractivity contribution in [1.29, 1.82) is 0 Å². The Morgan fingerprint density at radius 3 is 2.61 bits per heavy atom. The van der Waals surface area contributed by atoms with E-state index >= 15 is 0 Å². The summed E-state index contributed by atoms with van der Waals surface area (Å²) in [6.07, 6.45) is 1.57. The second-order valence-electron chi connectivity index (χ2n) is 6.63. The molecule has 0 saturated heterocycles. The number of carbonyl (C=O) groups excluding carboxylic acids is 1. The van der Waals surface area contributed by atoms with Gasteiger partial charge in [0.15, 0.2) is 0 Å². The van der Waals surface area contributed by atoms with Crippen molar-refractivity contribution in [1.82, 2.24) is 10.6 Å². The summed E-state index contributed by atoms with van der Waals surface area (Å²) in [6.45, 7) is 6.57. The molecule has 1 rings (SSSR count). The van der Waals surface area contributed by atoms with E-state index in [1.165, 1.54) is 12.1 Å². The molecule has 0 aliphatic heterocycles. The number of benzene rings is 1. The summed E-state index contributed by atoms with van der Waals surface area (Å²) >= 11 is 0. The number of aliphatic hydroxyl groups excluding tert-OH is 1.